The molecule has 3 heteroatoms. The van der Waals surface area contributed by atoms with E-state index in [-0.39, 0.29) is 0 Å². The van der Waals surface area contributed by atoms with Crippen molar-refractivity contribution in [3.8, 4) is 0 Å². The van der Waals surface area contributed by atoms with Crippen LogP contribution in [0.3, 0.4) is 0 Å². The average molecular weight is 383 g/mol. The molecule has 0 aliphatic rings. The minimum atomic E-state index is -0.837. The molecule has 27 heavy (non-hydrogen) atoms. The van der Waals surface area contributed by atoms with Crippen LogP contribution in [0.1, 0.15) is 128 Å². The molecule has 2 N–H and O–H groups in total. The molecule has 0 saturated heterocycles. The SMILES string of the molecule is O=C(O)C=CCCCCCCCCCCCCCCCCCCCCCO. The summed E-state index contributed by atoms with van der Waals surface area (Å²) in [6.07, 6.45) is 29.1. The standard InChI is InChI=1S/C24H46O3/c25-23-21-19-17-15-13-11-9-7-5-3-1-2-4-6-8-10-12-14-16-18-20-22-24(26)27/h20,22,25H,1-19,21,23H2,(H,26,27). The lowest BCUT2D eigenvalue weighted by atomic mass is 10.0. The number of aliphatic hydroxyl groups is 1. The zero-order valence-electron chi connectivity index (χ0n) is 17.8. The van der Waals surface area contributed by atoms with Crippen LogP contribution in [0.5, 0.6) is 0 Å². The second-order valence-corrected chi connectivity index (χ2v) is 7.97. The van der Waals surface area contributed by atoms with Crippen LogP contribution in [0.15, 0.2) is 12.2 Å². The van der Waals surface area contributed by atoms with Gasteiger partial charge < -0.3 is 10.2 Å². The molecule has 0 saturated carbocycles. The van der Waals surface area contributed by atoms with Gasteiger partial charge in [0, 0.05) is 12.7 Å². The molecule has 0 bridgehead atoms. The van der Waals surface area contributed by atoms with Crippen molar-refractivity contribution in [1.82, 2.24) is 0 Å². The molecule has 3 nitrogen and oxygen atoms in total. The minimum absolute atomic E-state index is 0.357. The molecular formula is C24H46O3. The van der Waals surface area contributed by atoms with Gasteiger partial charge in [-0.15, -0.1) is 0 Å². The summed E-state index contributed by atoms with van der Waals surface area (Å²) in [4.78, 5) is 10.3. The molecule has 0 heterocycles. The maximum Gasteiger partial charge on any atom is 0.327 e. The summed E-state index contributed by atoms with van der Waals surface area (Å²) < 4.78 is 0. The summed E-state index contributed by atoms with van der Waals surface area (Å²) in [7, 11) is 0. The molecule has 0 radical (unpaired) electrons. The molecule has 160 valence electrons. The maximum absolute atomic E-state index is 10.3. The molecule has 0 aliphatic heterocycles. The number of carboxylic acid groups (broad SMARTS) is 1. The number of carboxylic acids is 1. The van der Waals surface area contributed by atoms with Gasteiger partial charge in [0.05, 0.1) is 0 Å². The van der Waals surface area contributed by atoms with Crippen molar-refractivity contribution < 1.29 is 15.0 Å². The van der Waals surface area contributed by atoms with Gasteiger partial charge in [0.1, 0.15) is 0 Å². The highest BCUT2D eigenvalue weighted by Crippen LogP contribution is 2.14. The quantitative estimate of drug-likeness (QED) is 0.151. The Balaban J connectivity index is 3.02. The number of hydrogen-bond donors (Lipinski definition) is 2. The van der Waals surface area contributed by atoms with Crippen LogP contribution in [0, 0.1) is 0 Å². The molecular weight excluding hydrogens is 336 g/mol. The lowest BCUT2D eigenvalue weighted by Crippen LogP contribution is -1.86. The summed E-state index contributed by atoms with van der Waals surface area (Å²) in [5, 5.41) is 17.2. The Labute approximate surface area is 168 Å². The Morgan fingerprint density at radius 2 is 0.815 bits per heavy atom. The predicted octanol–water partition coefficient (Wildman–Crippen LogP) is 7.42. The molecule has 0 aromatic carbocycles. The first-order chi connectivity index (χ1) is 13.3. The van der Waals surface area contributed by atoms with Crippen LogP contribution in [0.4, 0.5) is 0 Å². The van der Waals surface area contributed by atoms with Gasteiger partial charge in [0.25, 0.3) is 0 Å². The number of unbranched alkanes of at least 4 members (excludes halogenated alkanes) is 19. The first kappa shape index (κ1) is 26.2. The van der Waals surface area contributed by atoms with Gasteiger partial charge >= 0.3 is 5.97 Å². The maximum atomic E-state index is 10.3. The zero-order valence-corrected chi connectivity index (χ0v) is 17.8. The first-order valence-corrected chi connectivity index (χ1v) is 11.8. The van der Waals surface area contributed by atoms with E-state index in [1.165, 1.54) is 115 Å². The largest absolute Gasteiger partial charge is 0.478 e. The highest BCUT2D eigenvalue weighted by Gasteiger charge is 1.95. The second kappa shape index (κ2) is 23.2. The van der Waals surface area contributed by atoms with E-state index in [2.05, 4.69) is 0 Å². The number of hydrogen-bond acceptors (Lipinski definition) is 2. The molecule has 0 rings (SSSR count). The van der Waals surface area contributed by atoms with Gasteiger partial charge in [0.15, 0.2) is 0 Å². The lowest BCUT2D eigenvalue weighted by Gasteiger charge is -2.04. The van der Waals surface area contributed by atoms with Crippen molar-refractivity contribution in [2.45, 2.75) is 128 Å². The highest BCUT2D eigenvalue weighted by molar-refractivity contribution is 5.79. The molecule has 0 aliphatic carbocycles. The van der Waals surface area contributed by atoms with Crippen LogP contribution in [0.2, 0.25) is 0 Å². The van der Waals surface area contributed by atoms with Gasteiger partial charge in [-0.2, -0.15) is 0 Å². The number of carbonyl (C=O) groups is 1. The molecule has 0 unspecified atom stereocenters. The van der Waals surface area contributed by atoms with E-state index in [9.17, 15) is 4.79 Å². The van der Waals surface area contributed by atoms with E-state index in [4.69, 9.17) is 10.2 Å². The van der Waals surface area contributed by atoms with Gasteiger partial charge in [-0.05, 0) is 19.3 Å². The van der Waals surface area contributed by atoms with Gasteiger partial charge in [-0.1, -0.05) is 115 Å². The number of aliphatic carboxylic acids is 1. The van der Waals surface area contributed by atoms with Crippen molar-refractivity contribution in [2.24, 2.45) is 0 Å². The Hall–Kier alpha value is -0.830. The van der Waals surface area contributed by atoms with Crippen LogP contribution in [-0.2, 0) is 4.79 Å². The van der Waals surface area contributed by atoms with Crippen LogP contribution in [0.25, 0.3) is 0 Å². The number of aliphatic hydroxyl groups excluding tert-OH is 1. The topological polar surface area (TPSA) is 57.5 Å². The second-order valence-electron chi connectivity index (χ2n) is 7.97. The lowest BCUT2D eigenvalue weighted by molar-refractivity contribution is -0.131. The Morgan fingerprint density at radius 1 is 0.519 bits per heavy atom. The third-order valence-corrected chi connectivity index (χ3v) is 5.29. The van der Waals surface area contributed by atoms with Crippen molar-refractivity contribution in [2.75, 3.05) is 6.61 Å². The normalized spacial score (nSPS) is 11.4. The van der Waals surface area contributed by atoms with Crippen LogP contribution < -0.4 is 0 Å². The third-order valence-electron chi connectivity index (χ3n) is 5.29. The molecule has 0 aromatic rings. The molecule has 0 atom stereocenters. The first-order valence-electron chi connectivity index (χ1n) is 11.8. The van der Waals surface area contributed by atoms with E-state index in [0.717, 1.165) is 19.3 Å². The predicted molar refractivity (Wildman–Crippen MR) is 116 cm³/mol. The monoisotopic (exact) mass is 382 g/mol. The van der Waals surface area contributed by atoms with Crippen LogP contribution >= 0.6 is 0 Å². The highest BCUT2D eigenvalue weighted by atomic mass is 16.4. The van der Waals surface area contributed by atoms with Gasteiger partial charge in [-0.3, -0.25) is 0 Å². The van der Waals surface area contributed by atoms with Crippen LogP contribution in [-0.4, -0.2) is 22.8 Å². The van der Waals surface area contributed by atoms with Gasteiger partial charge in [-0.25, -0.2) is 4.79 Å². The summed E-state index contributed by atoms with van der Waals surface area (Å²) in [6, 6.07) is 0. The van der Waals surface area contributed by atoms with Crippen molar-refractivity contribution in [3.63, 3.8) is 0 Å². The van der Waals surface area contributed by atoms with E-state index < -0.39 is 5.97 Å². The van der Waals surface area contributed by atoms with E-state index >= 15 is 0 Å². The zero-order chi connectivity index (χ0) is 19.8. The Morgan fingerprint density at radius 3 is 1.11 bits per heavy atom. The minimum Gasteiger partial charge on any atom is -0.478 e. The summed E-state index contributed by atoms with van der Waals surface area (Å²) >= 11 is 0. The van der Waals surface area contributed by atoms with Crippen molar-refractivity contribution >= 4 is 5.97 Å². The average Bonchev–Trinajstić information content (AvgIpc) is 2.65. The summed E-state index contributed by atoms with van der Waals surface area (Å²) in [5.41, 5.74) is 0. The summed E-state index contributed by atoms with van der Waals surface area (Å²) in [6.45, 7) is 0.357. The number of allylic oxidation sites excluding steroid dienone is 1. The fraction of sp³-hybridized carbons (Fsp3) is 0.875. The fourth-order valence-electron chi connectivity index (χ4n) is 3.56. The van der Waals surface area contributed by atoms with E-state index in [1.54, 1.807) is 6.08 Å². The molecule has 0 amide bonds. The molecule has 0 fully saturated rings. The van der Waals surface area contributed by atoms with Gasteiger partial charge in [0.2, 0.25) is 0 Å². The molecule has 0 spiro atoms. The van der Waals surface area contributed by atoms with Crippen molar-refractivity contribution in [3.05, 3.63) is 12.2 Å². The Bertz CT molecular complexity index is 326. The summed E-state index contributed by atoms with van der Waals surface area (Å²) in [5.74, 6) is -0.837. The smallest absolute Gasteiger partial charge is 0.327 e. The molecule has 0 aromatic heterocycles. The Kier molecular flexibility index (Phi) is 22.5. The van der Waals surface area contributed by atoms with E-state index in [0.29, 0.717) is 6.61 Å². The van der Waals surface area contributed by atoms with E-state index in [1.807, 2.05) is 0 Å². The fourth-order valence-corrected chi connectivity index (χ4v) is 3.56. The third kappa shape index (κ3) is 25.2. The number of rotatable bonds is 22. The van der Waals surface area contributed by atoms with Crippen molar-refractivity contribution in [1.29, 1.82) is 0 Å².